The van der Waals surface area contributed by atoms with Gasteiger partial charge in [-0.1, -0.05) is 50.2 Å². The second kappa shape index (κ2) is 10.2. The maximum absolute atomic E-state index is 12.4. The van der Waals surface area contributed by atoms with Crippen molar-refractivity contribution in [3.05, 3.63) is 80.5 Å². The molecule has 1 saturated heterocycles. The van der Waals surface area contributed by atoms with Crippen molar-refractivity contribution in [3.8, 4) is 0 Å². The Balaban J connectivity index is 1.30. The summed E-state index contributed by atoms with van der Waals surface area (Å²) in [6, 6.07) is 15.3. The molecule has 7 heteroatoms. The highest BCUT2D eigenvalue weighted by molar-refractivity contribution is 5.78. The normalized spacial score (nSPS) is 19.0. The van der Waals surface area contributed by atoms with Gasteiger partial charge in [0.2, 0.25) is 5.91 Å². The molecule has 0 radical (unpaired) electrons. The summed E-state index contributed by atoms with van der Waals surface area (Å²) in [5.74, 6) is 1.35. The number of fused-ring (bicyclic) bond motifs is 1. The summed E-state index contributed by atoms with van der Waals surface area (Å²) in [5, 5.41) is 3.36. The van der Waals surface area contributed by atoms with Gasteiger partial charge in [-0.25, -0.2) is 4.79 Å². The Morgan fingerprint density at radius 1 is 1.00 bits per heavy atom. The van der Waals surface area contributed by atoms with Crippen LogP contribution < -0.4 is 16.6 Å². The van der Waals surface area contributed by atoms with Gasteiger partial charge in [0, 0.05) is 39.1 Å². The van der Waals surface area contributed by atoms with E-state index in [0.29, 0.717) is 17.4 Å². The van der Waals surface area contributed by atoms with E-state index < -0.39 is 11.2 Å². The molecule has 0 bridgehead atoms. The number of piperidine rings is 1. The minimum atomic E-state index is -0.500. The average molecular weight is 449 g/mol. The number of nitrogens with one attached hydrogen (secondary N) is 2. The molecule has 7 nitrogen and oxygen atoms in total. The molecule has 2 unspecified atom stereocenters. The number of hydrogen-bond acceptors (Lipinski definition) is 4. The fraction of sp³-hybridized carbons (Fsp3) is 0.423. The first-order chi connectivity index (χ1) is 15.9. The van der Waals surface area contributed by atoms with Gasteiger partial charge in [0.25, 0.3) is 5.56 Å². The fourth-order valence-corrected chi connectivity index (χ4v) is 4.91. The van der Waals surface area contributed by atoms with Crippen molar-refractivity contribution in [2.24, 2.45) is 11.8 Å². The first-order valence-electron chi connectivity index (χ1n) is 11.7. The highest BCUT2D eigenvalue weighted by Gasteiger charge is 2.21. The van der Waals surface area contributed by atoms with Crippen LogP contribution in [0.15, 0.2) is 58.1 Å². The van der Waals surface area contributed by atoms with E-state index >= 15 is 0 Å². The topological polar surface area (TPSA) is 87.2 Å². The molecular weight excluding hydrogens is 416 g/mol. The molecule has 2 N–H and O–H groups in total. The summed E-state index contributed by atoms with van der Waals surface area (Å²) in [6.07, 6.45) is 1.46. The summed E-state index contributed by atoms with van der Waals surface area (Å²) in [6.45, 7) is 8.55. The predicted octanol–water partition coefficient (Wildman–Crippen LogP) is 2.87. The van der Waals surface area contributed by atoms with Crippen molar-refractivity contribution in [2.45, 2.75) is 46.3 Å². The van der Waals surface area contributed by atoms with Crippen molar-refractivity contribution in [3.63, 3.8) is 0 Å². The molecule has 1 fully saturated rings. The molecular formula is C26H32N4O3. The Bertz CT molecular complexity index is 1220. The van der Waals surface area contributed by atoms with E-state index in [1.807, 2.05) is 0 Å². The van der Waals surface area contributed by atoms with E-state index in [-0.39, 0.29) is 18.9 Å². The van der Waals surface area contributed by atoms with Crippen LogP contribution in [0.25, 0.3) is 10.9 Å². The van der Waals surface area contributed by atoms with E-state index in [4.69, 9.17) is 0 Å². The molecule has 1 aliphatic rings. The van der Waals surface area contributed by atoms with Gasteiger partial charge in [-0.05, 0) is 41.5 Å². The van der Waals surface area contributed by atoms with Gasteiger partial charge in [-0.2, -0.15) is 0 Å². The van der Waals surface area contributed by atoms with Gasteiger partial charge < -0.3 is 5.32 Å². The highest BCUT2D eigenvalue weighted by Crippen LogP contribution is 2.22. The van der Waals surface area contributed by atoms with Crippen molar-refractivity contribution >= 4 is 16.8 Å². The molecule has 1 amide bonds. The number of amides is 1. The lowest BCUT2D eigenvalue weighted by atomic mass is 9.91. The molecule has 2 heterocycles. The lowest BCUT2D eigenvalue weighted by Crippen LogP contribution is -2.38. The van der Waals surface area contributed by atoms with Gasteiger partial charge in [0.05, 0.1) is 10.9 Å². The minimum Gasteiger partial charge on any atom is -0.352 e. The van der Waals surface area contributed by atoms with Crippen LogP contribution in [0.1, 0.15) is 37.8 Å². The van der Waals surface area contributed by atoms with E-state index in [1.165, 1.54) is 16.6 Å². The van der Waals surface area contributed by atoms with E-state index in [1.54, 1.807) is 24.3 Å². The predicted molar refractivity (Wildman–Crippen MR) is 130 cm³/mol. The molecule has 0 spiro atoms. The zero-order valence-corrected chi connectivity index (χ0v) is 19.3. The number of benzene rings is 2. The number of aromatic nitrogens is 2. The fourth-order valence-electron chi connectivity index (χ4n) is 4.91. The molecule has 0 aliphatic carbocycles. The molecule has 3 aromatic rings. The summed E-state index contributed by atoms with van der Waals surface area (Å²) in [7, 11) is 0. The zero-order valence-electron chi connectivity index (χ0n) is 19.3. The summed E-state index contributed by atoms with van der Waals surface area (Å²) in [4.78, 5) is 41.4. The van der Waals surface area contributed by atoms with E-state index in [9.17, 15) is 14.4 Å². The number of rotatable bonds is 7. The van der Waals surface area contributed by atoms with Gasteiger partial charge in [0.1, 0.15) is 0 Å². The number of H-pyrrole nitrogens is 1. The van der Waals surface area contributed by atoms with Crippen molar-refractivity contribution in [2.75, 3.05) is 13.1 Å². The van der Waals surface area contributed by atoms with Gasteiger partial charge in [-0.3, -0.25) is 24.0 Å². The SMILES string of the molecule is CC1CC(C)CN(Cc2ccc(CNC(=O)CCn3c(=O)[nH]c(=O)c4ccccc43)cc2)C1. The third-order valence-corrected chi connectivity index (χ3v) is 6.33. The van der Waals surface area contributed by atoms with Gasteiger partial charge in [-0.15, -0.1) is 0 Å². The van der Waals surface area contributed by atoms with Crippen LogP contribution in [0.3, 0.4) is 0 Å². The zero-order chi connectivity index (χ0) is 23.4. The van der Waals surface area contributed by atoms with Crippen LogP contribution in [0.4, 0.5) is 0 Å². The number of carbonyl (C=O) groups is 1. The smallest absolute Gasteiger partial charge is 0.328 e. The standard InChI is InChI=1S/C26H32N4O3/c1-18-13-19(2)16-29(15-18)17-21-9-7-20(8-10-21)14-27-24(31)11-12-30-23-6-4-3-5-22(23)25(32)28-26(30)33/h3-10,18-19H,11-17H2,1-2H3,(H,27,31)(H,28,32,33). The number of nitrogens with zero attached hydrogens (tertiary/aromatic N) is 2. The third kappa shape index (κ3) is 5.79. The van der Waals surface area contributed by atoms with E-state index in [0.717, 1.165) is 37.0 Å². The minimum absolute atomic E-state index is 0.141. The monoisotopic (exact) mass is 448 g/mol. The summed E-state index contributed by atoms with van der Waals surface area (Å²) >= 11 is 0. The molecule has 2 aromatic carbocycles. The summed E-state index contributed by atoms with van der Waals surface area (Å²) in [5.41, 5.74) is 1.95. The Kier molecular flexibility index (Phi) is 7.08. The molecule has 1 aliphatic heterocycles. The Morgan fingerprint density at radius 3 is 2.39 bits per heavy atom. The van der Waals surface area contributed by atoms with Crippen LogP contribution in [0, 0.1) is 11.8 Å². The van der Waals surface area contributed by atoms with Crippen molar-refractivity contribution in [1.29, 1.82) is 0 Å². The lowest BCUT2D eigenvalue weighted by molar-refractivity contribution is -0.121. The van der Waals surface area contributed by atoms with Crippen LogP contribution >= 0.6 is 0 Å². The largest absolute Gasteiger partial charge is 0.352 e. The Morgan fingerprint density at radius 2 is 1.67 bits per heavy atom. The highest BCUT2D eigenvalue weighted by atomic mass is 16.2. The number of hydrogen-bond donors (Lipinski definition) is 2. The molecule has 33 heavy (non-hydrogen) atoms. The first kappa shape index (κ1) is 23.0. The van der Waals surface area contributed by atoms with Gasteiger partial charge in [0.15, 0.2) is 0 Å². The Labute approximate surface area is 193 Å². The maximum Gasteiger partial charge on any atom is 0.328 e. The molecule has 4 rings (SSSR count). The average Bonchev–Trinajstić information content (AvgIpc) is 2.78. The number of likely N-dealkylation sites (tertiary alicyclic amines) is 1. The lowest BCUT2D eigenvalue weighted by Gasteiger charge is -2.35. The second-order valence-corrected chi connectivity index (χ2v) is 9.41. The second-order valence-electron chi connectivity index (χ2n) is 9.41. The molecule has 2 atom stereocenters. The number of para-hydroxylation sites is 1. The summed E-state index contributed by atoms with van der Waals surface area (Å²) < 4.78 is 1.44. The van der Waals surface area contributed by atoms with Crippen molar-refractivity contribution in [1.82, 2.24) is 19.8 Å². The number of carbonyl (C=O) groups excluding carboxylic acids is 1. The van der Waals surface area contributed by atoms with Crippen molar-refractivity contribution < 1.29 is 4.79 Å². The van der Waals surface area contributed by atoms with Crippen LogP contribution in [-0.2, 0) is 24.4 Å². The quantitative estimate of drug-likeness (QED) is 0.582. The third-order valence-electron chi connectivity index (χ3n) is 6.33. The molecule has 1 aromatic heterocycles. The molecule has 174 valence electrons. The van der Waals surface area contributed by atoms with Gasteiger partial charge >= 0.3 is 5.69 Å². The van der Waals surface area contributed by atoms with Crippen LogP contribution in [0.2, 0.25) is 0 Å². The first-order valence-corrected chi connectivity index (χ1v) is 11.7. The Hall–Kier alpha value is -3.19. The number of aromatic amines is 1. The van der Waals surface area contributed by atoms with Crippen LogP contribution in [0.5, 0.6) is 0 Å². The number of aryl methyl sites for hydroxylation is 1. The molecule has 0 saturated carbocycles. The van der Waals surface area contributed by atoms with Crippen LogP contribution in [-0.4, -0.2) is 33.4 Å². The van der Waals surface area contributed by atoms with E-state index in [2.05, 4.69) is 53.3 Å². The maximum atomic E-state index is 12.4.